The summed E-state index contributed by atoms with van der Waals surface area (Å²) in [6.45, 7) is 1.58. The lowest BCUT2D eigenvalue weighted by atomic mass is 9.90. The Labute approximate surface area is 182 Å². The number of benzene rings is 2. The number of likely N-dealkylation sites (tertiary alicyclic amines) is 1. The Kier molecular flexibility index (Phi) is 5.66. The lowest BCUT2D eigenvalue weighted by Crippen LogP contribution is -2.43. The Hall–Kier alpha value is -3.37. The SMILES string of the molecule is CN(NC(=O)CN)c1ccc(C2(C(=O)N3CCCC3)CC2)cc1-c1ccc(C#N)cc1. The Morgan fingerprint density at radius 1 is 1.16 bits per heavy atom. The second-order valence-electron chi connectivity index (χ2n) is 8.30. The maximum Gasteiger partial charge on any atom is 0.252 e. The van der Waals surface area contributed by atoms with E-state index in [0.717, 1.165) is 61.2 Å². The van der Waals surface area contributed by atoms with E-state index in [1.165, 1.54) is 0 Å². The molecule has 0 spiro atoms. The Morgan fingerprint density at radius 2 is 1.84 bits per heavy atom. The molecule has 0 atom stereocenters. The van der Waals surface area contributed by atoms with Crippen molar-refractivity contribution in [1.82, 2.24) is 10.3 Å². The predicted octanol–water partition coefficient (Wildman–Crippen LogP) is 2.31. The number of nitrogens with one attached hydrogen (secondary N) is 1. The average molecular weight is 418 g/mol. The van der Waals surface area contributed by atoms with E-state index in [-0.39, 0.29) is 18.4 Å². The molecule has 0 radical (unpaired) electrons. The van der Waals surface area contributed by atoms with Crippen molar-refractivity contribution in [2.24, 2.45) is 5.73 Å². The Bertz CT molecular complexity index is 1030. The van der Waals surface area contributed by atoms with Crippen molar-refractivity contribution in [2.75, 3.05) is 31.7 Å². The molecule has 1 heterocycles. The van der Waals surface area contributed by atoms with Crippen LogP contribution in [0.5, 0.6) is 0 Å². The molecule has 160 valence electrons. The van der Waals surface area contributed by atoms with Gasteiger partial charge < -0.3 is 10.6 Å². The van der Waals surface area contributed by atoms with Crippen molar-refractivity contribution in [1.29, 1.82) is 5.26 Å². The Balaban J connectivity index is 1.74. The quantitative estimate of drug-likeness (QED) is 0.702. The van der Waals surface area contributed by atoms with Gasteiger partial charge in [-0.2, -0.15) is 5.26 Å². The molecule has 7 heteroatoms. The van der Waals surface area contributed by atoms with Crippen LogP contribution in [-0.2, 0) is 15.0 Å². The van der Waals surface area contributed by atoms with Crippen LogP contribution in [0.3, 0.4) is 0 Å². The largest absolute Gasteiger partial charge is 0.342 e. The van der Waals surface area contributed by atoms with Gasteiger partial charge in [-0.1, -0.05) is 18.2 Å². The third-order valence-electron chi connectivity index (χ3n) is 6.27. The average Bonchev–Trinajstić information content (AvgIpc) is 3.43. The van der Waals surface area contributed by atoms with Gasteiger partial charge in [0.2, 0.25) is 5.91 Å². The van der Waals surface area contributed by atoms with Crippen molar-refractivity contribution >= 4 is 17.5 Å². The minimum atomic E-state index is -0.441. The lowest BCUT2D eigenvalue weighted by Gasteiger charge is -2.27. The number of hydrazine groups is 1. The number of rotatable bonds is 6. The molecule has 7 nitrogen and oxygen atoms in total. The summed E-state index contributed by atoms with van der Waals surface area (Å²) in [4.78, 5) is 27.1. The van der Waals surface area contributed by atoms with E-state index in [1.807, 2.05) is 29.2 Å². The standard InChI is InChI=1S/C24H27N5O2/c1-28(27-22(30)16-26)21-9-8-19(14-20(21)18-6-4-17(15-25)5-7-18)24(10-11-24)23(31)29-12-2-3-13-29/h4-9,14H,2-3,10-13,16,26H2,1H3,(H,27,30). The maximum absolute atomic E-state index is 13.3. The first-order chi connectivity index (χ1) is 15.0. The molecule has 1 saturated carbocycles. The number of hydrogen-bond donors (Lipinski definition) is 2. The molecule has 2 amide bonds. The summed E-state index contributed by atoms with van der Waals surface area (Å²) < 4.78 is 0. The van der Waals surface area contributed by atoms with Gasteiger partial charge in [-0.05, 0) is 61.1 Å². The van der Waals surface area contributed by atoms with Gasteiger partial charge in [-0.15, -0.1) is 0 Å². The molecular formula is C24H27N5O2. The molecule has 1 aliphatic carbocycles. The molecule has 2 fully saturated rings. The van der Waals surface area contributed by atoms with Gasteiger partial charge in [0.1, 0.15) is 0 Å². The highest BCUT2D eigenvalue weighted by atomic mass is 16.2. The smallest absolute Gasteiger partial charge is 0.252 e. The van der Waals surface area contributed by atoms with Crippen LogP contribution in [0.15, 0.2) is 42.5 Å². The zero-order valence-electron chi connectivity index (χ0n) is 17.7. The molecule has 2 aromatic rings. The van der Waals surface area contributed by atoms with Crippen molar-refractivity contribution < 1.29 is 9.59 Å². The van der Waals surface area contributed by atoms with Gasteiger partial charge in [0.25, 0.3) is 5.91 Å². The second kappa shape index (κ2) is 8.40. The third-order valence-corrected chi connectivity index (χ3v) is 6.27. The van der Waals surface area contributed by atoms with Gasteiger partial charge in [-0.25, -0.2) is 0 Å². The topological polar surface area (TPSA) is 102 Å². The molecule has 31 heavy (non-hydrogen) atoms. The highest BCUT2D eigenvalue weighted by Gasteiger charge is 2.53. The van der Waals surface area contributed by atoms with Crippen LogP contribution in [0.25, 0.3) is 11.1 Å². The molecule has 1 saturated heterocycles. The monoisotopic (exact) mass is 417 g/mol. The number of nitrogens with two attached hydrogens (primary N) is 1. The molecule has 2 aliphatic rings. The summed E-state index contributed by atoms with van der Waals surface area (Å²) in [5.41, 5.74) is 11.9. The van der Waals surface area contributed by atoms with Crippen LogP contribution in [-0.4, -0.2) is 43.4 Å². The summed E-state index contributed by atoms with van der Waals surface area (Å²) in [6, 6.07) is 15.5. The van der Waals surface area contributed by atoms with Crippen molar-refractivity contribution in [2.45, 2.75) is 31.1 Å². The van der Waals surface area contributed by atoms with Crippen LogP contribution in [0.2, 0.25) is 0 Å². The number of anilines is 1. The maximum atomic E-state index is 13.3. The summed E-state index contributed by atoms with van der Waals surface area (Å²) in [5.74, 6) is -0.0615. The molecule has 4 rings (SSSR count). The van der Waals surface area contributed by atoms with Crippen LogP contribution >= 0.6 is 0 Å². The van der Waals surface area contributed by atoms with Gasteiger partial charge in [0.05, 0.1) is 29.3 Å². The van der Waals surface area contributed by atoms with Crippen molar-refractivity contribution in [3.8, 4) is 17.2 Å². The summed E-state index contributed by atoms with van der Waals surface area (Å²) in [5, 5.41) is 10.8. The van der Waals surface area contributed by atoms with E-state index < -0.39 is 5.41 Å². The zero-order chi connectivity index (χ0) is 22.0. The number of nitrogens with zero attached hydrogens (tertiary/aromatic N) is 3. The van der Waals surface area contributed by atoms with Crippen LogP contribution in [0.1, 0.15) is 36.8 Å². The number of nitriles is 1. The zero-order valence-corrected chi connectivity index (χ0v) is 17.7. The van der Waals surface area contributed by atoms with E-state index >= 15 is 0 Å². The van der Waals surface area contributed by atoms with Gasteiger partial charge in [0, 0.05) is 25.7 Å². The second-order valence-corrected chi connectivity index (χ2v) is 8.30. The van der Waals surface area contributed by atoms with Crippen molar-refractivity contribution in [3.63, 3.8) is 0 Å². The molecule has 0 unspecified atom stereocenters. The highest BCUT2D eigenvalue weighted by Crippen LogP contribution is 2.51. The summed E-state index contributed by atoms with van der Waals surface area (Å²) >= 11 is 0. The van der Waals surface area contributed by atoms with E-state index in [4.69, 9.17) is 11.0 Å². The third kappa shape index (κ3) is 3.99. The first-order valence-electron chi connectivity index (χ1n) is 10.7. The number of carbonyl (C=O) groups is 2. The van der Waals surface area contributed by atoms with Crippen LogP contribution < -0.4 is 16.2 Å². The van der Waals surface area contributed by atoms with Gasteiger partial charge in [-0.3, -0.25) is 20.0 Å². The van der Waals surface area contributed by atoms with E-state index in [1.54, 1.807) is 24.2 Å². The van der Waals surface area contributed by atoms with Crippen LogP contribution in [0.4, 0.5) is 5.69 Å². The summed E-state index contributed by atoms with van der Waals surface area (Å²) in [6.07, 6.45) is 3.86. The molecule has 0 bridgehead atoms. The number of hydrogen-bond acceptors (Lipinski definition) is 5. The van der Waals surface area contributed by atoms with Crippen molar-refractivity contribution in [3.05, 3.63) is 53.6 Å². The number of carbonyl (C=O) groups excluding carboxylic acids is 2. The highest BCUT2D eigenvalue weighted by molar-refractivity contribution is 5.93. The normalized spacial score (nSPS) is 16.5. The Morgan fingerprint density at radius 3 is 2.42 bits per heavy atom. The fourth-order valence-corrected chi connectivity index (χ4v) is 4.35. The van der Waals surface area contributed by atoms with E-state index in [9.17, 15) is 9.59 Å². The first kappa shape index (κ1) is 20.9. The van der Waals surface area contributed by atoms with E-state index in [0.29, 0.717) is 5.56 Å². The minimum absolute atomic E-state index is 0.109. The fourth-order valence-electron chi connectivity index (χ4n) is 4.35. The first-order valence-corrected chi connectivity index (χ1v) is 10.7. The summed E-state index contributed by atoms with van der Waals surface area (Å²) in [7, 11) is 1.76. The van der Waals surface area contributed by atoms with Gasteiger partial charge in [0.15, 0.2) is 0 Å². The molecule has 3 N–H and O–H groups in total. The van der Waals surface area contributed by atoms with E-state index in [2.05, 4.69) is 17.6 Å². The minimum Gasteiger partial charge on any atom is -0.342 e. The lowest BCUT2D eigenvalue weighted by molar-refractivity contribution is -0.132. The molecule has 2 aromatic carbocycles. The van der Waals surface area contributed by atoms with Crippen LogP contribution in [0, 0.1) is 11.3 Å². The fraction of sp³-hybridized carbons (Fsp3) is 0.375. The molecule has 0 aromatic heterocycles. The van der Waals surface area contributed by atoms with Gasteiger partial charge >= 0.3 is 0 Å². The molecular weight excluding hydrogens is 390 g/mol. The predicted molar refractivity (Wildman–Crippen MR) is 119 cm³/mol. The molecule has 1 aliphatic heterocycles. The number of amides is 2.